The van der Waals surface area contributed by atoms with Gasteiger partial charge in [-0.25, -0.2) is 0 Å². The molecule has 0 bridgehead atoms. The van der Waals surface area contributed by atoms with Crippen LogP contribution in [-0.2, 0) is 0 Å². The molecule has 0 unspecified atom stereocenters. The van der Waals surface area contributed by atoms with Crippen LogP contribution in [0.5, 0.6) is 17.2 Å². The van der Waals surface area contributed by atoms with Gasteiger partial charge in [0.15, 0.2) is 0 Å². The van der Waals surface area contributed by atoms with E-state index in [0.717, 1.165) is 12.1 Å². The monoisotopic (exact) mass is 333 g/mol. The van der Waals surface area contributed by atoms with Crippen LogP contribution in [0.1, 0.15) is 10.4 Å². The van der Waals surface area contributed by atoms with E-state index in [1.807, 2.05) is 0 Å². The van der Waals surface area contributed by atoms with Crippen LogP contribution in [0, 0.1) is 10.1 Å². The summed E-state index contributed by atoms with van der Waals surface area (Å²) in [6.07, 6.45) is 0. The number of non-ortho nitro benzene ring substituents is 1. The van der Waals surface area contributed by atoms with Crippen LogP contribution in [0.4, 0.5) is 11.4 Å². The van der Waals surface area contributed by atoms with Gasteiger partial charge in [-0.3, -0.25) is 14.9 Å². The van der Waals surface area contributed by atoms with E-state index in [0.29, 0.717) is 0 Å². The fraction of sp³-hybridized carbons (Fsp3) is 0.133. The number of carbonyl (C=O) groups excluding carboxylic acids is 1. The number of nitro groups is 1. The topological polar surface area (TPSA) is 148 Å². The second-order valence-corrected chi connectivity index (χ2v) is 4.73. The first-order chi connectivity index (χ1) is 11.4. The highest BCUT2D eigenvalue weighted by Gasteiger charge is 2.17. The first-order valence-electron chi connectivity index (χ1n) is 6.87. The fourth-order valence-electron chi connectivity index (χ4n) is 1.92. The van der Waals surface area contributed by atoms with Crippen molar-refractivity contribution >= 4 is 17.3 Å². The number of rotatable bonds is 6. The molecule has 9 nitrogen and oxygen atoms in total. The molecule has 0 aromatic heterocycles. The highest BCUT2D eigenvalue weighted by atomic mass is 16.6. The largest absolute Gasteiger partial charge is 0.508 e. The molecule has 0 aliphatic rings. The standard InChI is InChI=1S/C15H15N3O6/c16-5-6-24-14-4-2-10(19)8-11(14)15(21)17-12-3-1-9(18(22)23)7-13(12)20/h1-4,7-8,19-20H,5-6,16H2,(H,17,21). The number of phenols is 2. The zero-order valence-electron chi connectivity index (χ0n) is 12.4. The molecule has 0 aliphatic carbocycles. The van der Waals surface area contributed by atoms with Gasteiger partial charge in [-0.05, 0) is 24.3 Å². The number of nitro benzene ring substituents is 1. The van der Waals surface area contributed by atoms with Crippen molar-refractivity contribution in [3.8, 4) is 17.2 Å². The van der Waals surface area contributed by atoms with Gasteiger partial charge in [0.05, 0.1) is 22.2 Å². The minimum absolute atomic E-state index is 0.0151. The van der Waals surface area contributed by atoms with E-state index < -0.39 is 16.6 Å². The number of nitrogens with two attached hydrogens (primary N) is 1. The minimum Gasteiger partial charge on any atom is -0.508 e. The first-order valence-corrected chi connectivity index (χ1v) is 6.87. The number of aromatic hydroxyl groups is 2. The molecule has 2 aromatic rings. The smallest absolute Gasteiger partial charge is 0.273 e. The van der Waals surface area contributed by atoms with E-state index >= 15 is 0 Å². The van der Waals surface area contributed by atoms with Gasteiger partial charge in [0.1, 0.15) is 23.9 Å². The van der Waals surface area contributed by atoms with E-state index in [9.17, 15) is 25.1 Å². The molecule has 1 amide bonds. The van der Waals surface area contributed by atoms with Crippen molar-refractivity contribution in [3.63, 3.8) is 0 Å². The lowest BCUT2D eigenvalue weighted by atomic mass is 10.1. The lowest BCUT2D eigenvalue weighted by molar-refractivity contribution is -0.384. The van der Waals surface area contributed by atoms with Crippen molar-refractivity contribution in [1.82, 2.24) is 0 Å². The Morgan fingerprint density at radius 1 is 1.25 bits per heavy atom. The second-order valence-electron chi connectivity index (χ2n) is 4.73. The molecule has 0 atom stereocenters. The Balaban J connectivity index is 2.26. The van der Waals surface area contributed by atoms with Gasteiger partial charge >= 0.3 is 0 Å². The van der Waals surface area contributed by atoms with Crippen molar-refractivity contribution in [3.05, 3.63) is 52.1 Å². The number of benzene rings is 2. The fourth-order valence-corrected chi connectivity index (χ4v) is 1.92. The average molecular weight is 333 g/mol. The van der Waals surface area contributed by atoms with Gasteiger partial charge in [0.2, 0.25) is 0 Å². The summed E-state index contributed by atoms with van der Waals surface area (Å²) in [7, 11) is 0. The Hall–Kier alpha value is -3.33. The van der Waals surface area contributed by atoms with Gasteiger partial charge in [0.25, 0.3) is 11.6 Å². The lowest BCUT2D eigenvalue weighted by Gasteiger charge is -2.12. The van der Waals surface area contributed by atoms with E-state index in [1.54, 1.807) is 0 Å². The highest BCUT2D eigenvalue weighted by molar-refractivity contribution is 6.07. The number of hydrogen-bond acceptors (Lipinski definition) is 7. The van der Waals surface area contributed by atoms with Crippen LogP contribution in [0.15, 0.2) is 36.4 Å². The molecule has 0 spiro atoms. The summed E-state index contributed by atoms with van der Waals surface area (Å²) >= 11 is 0. The quantitative estimate of drug-likeness (QED) is 0.356. The number of carbonyl (C=O) groups is 1. The van der Waals surface area contributed by atoms with Gasteiger partial charge in [-0.15, -0.1) is 0 Å². The maximum absolute atomic E-state index is 12.3. The normalized spacial score (nSPS) is 10.2. The molecule has 0 saturated heterocycles. The molecular weight excluding hydrogens is 318 g/mol. The Morgan fingerprint density at radius 3 is 2.62 bits per heavy atom. The Bertz CT molecular complexity index is 778. The predicted molar refractivity (Wildman–Crippen MR) is 85.4 cm³/mol. The van der Waals surface area contributed by atoms with E-state index in [4.69, 9.17) is 10.5 Å². The molecule has 0 aliphatic heterocycles. The summed E-state index contributed by atoms with van der Waals surface area (Å²) in [5, 5.41) is 32.4. The van der Waals surface area contributed by atoms with Gasteiger partial charge in [0, 0.05) is 12.6 Å². The summed E-state index contributed by atoms with van der Waals surface area (Å²) in [4.78, 5) is 22.3. The molecule has 5 N–H and O–H groups in total. The Kier molecular flexibility index (Phi) is 5.17. The van der Waals surface area contributed by atoms with Crippen molar-refractivity contribution in [2.24, 2.45) is 5.73 Å². The number of amides is 1. The minimum atomic E-state index is -0.667. The van der Waals surface area contributed by atoms with Crippen LogP contribution >= 0.6 is 0 Å². The molecule has 0 saturated carbocycles. The van der Waals surface area contributed by atoms with Crippen molar-refractivity contribution < 1.29 is 24.7 Å². The molecule has 0 radical (unpaired) electrons. The van der Waals surface area contributed by atoms with Gasteiger partial charge in [-0.2, -0.15) is 0 Å². The molecule has 126 valence electrons. The van der Waals surface area contributed by atoms with Gasteiger partial charge in [-0.1, -0.05) is 0 Å². The Morgan fingerprint density at radius 2 is 2.00 bits per heavy atom. The van der Waals surface area contributed by atoms with Crippen molar-refractivity contribution in [2.45, 2.75) is 0 Å². The van der Waals surface area contributed by atoms with Crippen LogP contribution in [0.2, 0.25) is 0 Å². The van der Waals surface area contributed by atoms with E-state index in [1.165, 1.54) is 24.3 Å². The van der Waals surface area contributed by atoms with Crippen LogP contribution in [0.3, 0.4) is 0 Å². The summed E-state index contributed by atoms with van der Waals surface area (Å²) in [5.74, 6) is -1.06. The number of ether oxygens (including phenoxy) is 1. The molecule has 0 heterocycles. The van der Waals surface area contributed by atoms with Crippen LogP contribution < -0.4 is 15.8 Å². The average Bonchev–Trinajstić information content (AvgIpc) is 2.55. The number of nitrogens with zero attached hydrogens (tertiary/aromatic N) is 1. The maximum Gasteiger partial charge on any atom is 0.273 e. The molecule has 24 heavy (non-hydrogen) atoms. The van der Waals surface area contributed by atoms with Gasteiger partial charge < -0.3 is 26.0 Å². The third kappa shape index (κ3) is 3.90. The molecule has 0 fully saturated rings. The summed E-state index contributed by atoms with van der Waals surface area (Å²) in [5.41, 5.74) is 5.05. The molecular formula is C15H15N3O6. The zero-order chi connectivity index (χ0) is 17.7. The molecule has 2 aromatic carbocycles. The third-order valence-electron chi connectivity index (χ3n) is 3.02. The SMILES string of the molecule is NCCOc1ccc(O)cc1C(=O)Nc1ccc([N+](=O)[O-])cc1O. The predicted octanol–water partition coefficient (Wildman–Crippen LogP) is 1.60. The number of anilines is 1. The van der Waals surface area contributed by atoms with Crippen molar-refractivity contribution in [2.75, 3.05) is 18.5 Å². The summed E-state index contributed by atoms with van der Waals surface area (Å²) in [6, 6.07) is 7.23. The first kappa shape index (κ1) is 17.0. The zero-order valence-corrected chi connectivity index (χ0v) is 12.4. The highest BCUT2D eigenvalue weighted by Crippen LogP contribution is 2.30. The number of nitrogens with one attached hydrogen (secondary N) is 1. The molecule has 9 heteroatoms. The van der Waals surface area contributed by atoms with Crippen LogP contribution in [0.25, 0.3) is 0 Å². The number of phenolic OH excluding ortho intramolecular Hbond substituents is 2. The second kappa shape index (κ2) is 7.29. The lowest BCUT2D eigenvalue weighted by Crippen LogP contribution is -2.16. The Labute approximate surface area is 136 Å². The molecule has 2 rings (SSSR count). The maximum atomic E-state index is 12.3. The van der Waals surface area contributed by atoms with E-state index in [-0.39, 0.29) is 41.6 Å². The third-order valence-corrected chi connectivity index (χ3v) is 3.02. The number of hydrogen-bond donors (Lipinski definition) is 4. The van der Waals surface area contributed by atoms with Crippen molar-refractivity contribution in [1.29, 1.82) is 0 Å². The summed E-state index contributed by atoms with van der Waals surface area (Å²) in [6.45, 7) is 0.416. The van der Waals surface area contributed by atoms with E-state index in [2.05, 4.69) is 5.32 Å². The summed E-state index contributed by atoms with van der Waals surface area (Å²) < 4.78 is 5.33. The van der Waals surface area contributed by atoms with Crippen LogP contribution in [-0.4, -0.2) is 34.2 Å².